The highest BCUT2D eigenvalue weighted by Crippen LogP contribution is 2.19. The zero-order valence-corrected chi connectivity index (χ0v) is 55.2. The zero-order valence-electron chi connectivity index (χ0n) is 55.2. The number of aliphatic hydroxyl groups excluding tert-OH is 2. The van der Waals surface area contributed by atoms with Crippen LogP contribution in [0.5, 0.6) is 0 Å². The van der Waals surface area contributed by atoms with Crippen molar-refractivity contribution in [1.82, 2.24) is 5.32 Å². The molecule has 0 aliphatic rings. The van der Waals surface area contributed by atoms with Crippen LogP contribution in [0.3, 0.4) is 0 Å². The minimum Gasteiger partial charge on any atom is -0.466 e. The van der Waals surface area contributed by atoms with Gasteiger partial charge in [-0.1, -0.05) is 345 Å². The van der Waals surface area contributed by atoms with Gasteiger partial charge in [0.05, 0.1) is 25.4 Å². The van der Waals surface area contributed by atoms with E-state index in [1.165, 1.54) is 308 Å². The molecule has 0 aliphatic carbocycles. The number of hydrogen-bond acceptors (Lipinski definition) is 5. The third-order valence-corrected chi connectivity index (χ3v) is 17.1. The van der Waals surface area contributed by atoms with Crippen LogP contribution >= 0.6 is 0 Å². The second-order valence-corrected chi connectivity index (χ2v) is 25.3. The molecule has 0 bridgehead atoms. The minimum atomic E-state index is -0.670. The van der Waals surface area contributed by atoms with E-state index in [-0.39, 0.29) is 18.5 Å². The number of esters is 1. The first kappa shape index (κ1) is 79.8. The summed E-state index contributed by atoms with van der Waals surface area (Å²) >= 11 is 0. The van der Waals surface area contributed by atoms with Crippen molar-refractivity contribution in [3.8, 4) is 0 Å². The summed E-state index contributed by atoms with van der Waals surface area (Å²) in [5, 5.41) is 23.4. The largest absolute Gasteiger partial charge is 0.466 e. The van der Waals surface area contributed by atoms with E-state index < -0.39 is 12.1 Å². The van der Waals surface area contributed by atoms with Gasteiger partial charge in [-0.2, -0.15) is 0 Å². The first-order valence-corrected chi connectivity index (χ1v) is 36.9. The maximum absolute atomic E-state index is 12.5. The Morgan fingerprint density at radius 3 is 0.951 bits per heavy atom. The molecular weight excluding hydrogens is 1010 g/mol. The Balaban J connectivity index is 3.42. The first-order valence-electron chi connectivity index (χ1n) is 36.9. The van der Waals surface area contributed by atoms with E-state index >= 15 is 0 Å². The highest BCUT2D eigenvalue weighted by molar-refractivity contribution is 5.76. The summed E-state index contributed by atoms with van der Waals surface area (Å²) in [4.78, 5) is 24.7. The molecule has 0 aromatic rings. The molecule has 0 saturated carbocycles. The molecule has 0 aromatic carbocycles. The number of aliphatic hydroxyl groups is 2. The van der Waals surface area contributed by atoms with E-state index in [9.17, 15) is 19.8 Å². The van der Waals surface area contributed by atoms with Gasteiger partial charge in [0.2, 0.25) is 5.91 Å². The average molecular weight is 1150 g/mol. The van der Waals surface area contributed by atoms with Gasteiger partial charge in [0.15, 0.2) is 0 Å². The average Bonchev–Trinajstić information content (AvgIpc) is 3.48. The number of carbonyl (C=O) groups excluding carboxylic acids is 2. The van der Waals surface area contributed by atoms with Crippen molar-refractivity contribution >= 4 is 11.9 Å². The van der Waals surface area contributed by atoms with Crippen LogP contribution in [-0.2, 0) is 14.3 Å². The summed E-state index contributed by atoms with van der Waals surface area (Å²) in [6.07, 6.45) is 93.0. The molecule has 0 fully saturated rings. The standard InChI is InChI=1S/C76H143NO5/c1-3-5-7-9-11-13-15-17-19-21-23-29-33-36-40-44-48-52-56-60-64-68-74(79)73(72-78)77-75(80)69-65-61-57-53-49-45-41-37-34-30-27-25-24-26-28-31-35-39-43-47-51-55-59-63-67-71-82-76(81)70-66-62-58-54-50-46-42-38-32-22-20-18-16-14-12-10-8-6-4-2/h12,14,18,20,25-28,73-74,78-79H,3-11,13,15-17,19,21-24,29-72H2,1-2H3,(H,77,80)/b14-12-,20-18-,27-25-,28-26-. The number of allylic oxidation sites excluding steroid dienone is 8. The van der Waals surface area contributed by atoms with Crippen molar-refractivity contribution in [2.45, 2.75) is 411 Å². The lowest BCUT2D eigenvalue weighted by molar-refractivity contribution is -0.143. The van der Waals surface area contributed by atoms with Crippen LogP contribution in [0, 0.1) is 0 Å². The van der Waals surface area contributed by atoms with Gasteiger partial charge in [0.1, 0.15) is 0 Å². The minimum absolute atomic E-state index is 0.00572. The van der Waals surface area contributed by atoms with Gasteiger partial charge in [-0.3, -0.25) is 9.59 Å². The highest BCUT2D eigenvalue weighted by atomic mass is 16.5. The van der Waals surface area contributed by atoms with Gasteiger partial charge in [-0.05, 0) is 89.9 Å². The molecule has 0 aliphatic heterocycles. The van der Waals surface area contributed by atoms with Crippen LogP contribution in [0.4, 0.5) is 0 Å². The van der Waals surface area contributed by atoms with E-state index in [0.29, 0.717) is 25.9 Å². The summed E-state index contributed by atoms with van der Waals surface area (Å²) in [6, 6.07) is -0.548. The smallest absolute Gasteiger partial charge is 0.305 e. The number of amides is 1. The Hall–Kier alpha value is -2.18. The van der Waals surface area contributed by atoms with Gasteiger partial charge in [-0.25, -0.2) is 0 Å². The second kappa shape index (κ2) is 71.3. The molecule has 482 valence electrons. The van der Waals surface area contributed by atoms with Gasteiger partial charge in [0.25, 0.3) is 0 Å². The fraction of sp³-hybridized carbons (Fsp3) is 0.868. The molecular formula is C76H143NO5. The number of carbonyl (C=O) groups is 2. The van der Waals surface area contributed by atoms with Crippen molar-refractivity contribution in [3.05, 3.63) is 48.6 Å². The molecule has 0 rings (SSSR count). The van der Waals surface area contributed by atoms with Crippen molar-refractivity contribution in [1.29, 1.82) is 0 Å². The lowest BCUT2D eigenvalue weighted by Gasteiger charge is -2.22. The van der Waals surface area contributed by atoms with Crippen LogP contribution in [0.25, 0.3) is 0 Å². The van der Waals surface area contributed by atoms with Crippen LogP contribution in [0.15, 0.2) is 48.6 Å². The molecule has 1 amide bonds. The van der Waals surface area contributed by atoms with Crippen LogP contribution < -0.4 is 5.32 Å². The summed E-state index contributed by atoms with van der Waals surface area (Å²) in [7, 11) is 0. The van der Waals surface area contributed by atoms with Crippen molar-refractivity contribution < 1.29 is 24.5 Å². The quantitative estimate of drug-likeness (QED) is 0.0320. The van der Waals surface area contributed by atoms with Gasteiger partial charge in [-0.15, -0.1) is 0 Å². The van der Waals surface area contributed by atoms with Gasteiger partial charge < -0.3 is 20.3 Å². The fourth-order valence-corrected chi connectivity index (χ4v) is 11.5. The predicted octanol–water partition coefficient (Wildman–Crippen LogP) is 24.0. The van der Waals surface area contributed by atoms with Crippen LogP contribution in [0.1, 0.15) is 399 Å². The molecule has 2 unspecified atom stereocenters. The fourth-order valence-electron chi connectivity index (χ4n) is 11.5. The van der Waals surface area contributed by atoms with E-state index in [2.05, 4.69) is 67.8 Å². The SMILES string of the molecule is CCCCC/C=C\C/C=C\CCCCCCCCCCCC(=O)OCCCCCCCCCCC/C=C\C/C=C\CCCCCCCCCCCC(=O)NC(CO)C(O)CCCCCCCCCCCCCCCCCCCCCCC. The summed E-state index contributed by atoms with van der Waals surface area (Å²) < 4.78 is 5.50. The summed E-state index contributed by atoms with van der Waals surface area (Å²) in [5.41, 5.74) is 0. The molecule has 2 atom stereocenters. The maximum Gasteiger partial charge on any atom is 0.305 e. The maximum atomic E-state index is 12.5. The third-order valence-electron chi connectivity index (χ3n) is 17.1. The van der Waals surface area contributed by atoms with E-state index in [4.69, 9.17) is 4.74 Å². The van der Waals surface area contributed by atoms with Crippen LogP contribution in [-0.4, -0.2) is 47.4 Å². The number of unbranched alkanes of at least 4 members (excludes halogenated alkanes) is 50. The van der Waals surface area contributed by atoms with Gasteiger partial charge in [0, 0.05) is 12.8 Å². The molecule has 0 aromatic heterocycles. The molecule has 82 heavy (non-hydrogen) atoms. The molecule has 6 heteroatoms. The Labute approximate surface area is 512 Å². The third kappa shape index (κ3) is 67.0. The van der Waals surface area contributed by atoms with Crippen LogP contribution in [0.2, 0.25) is 0 Å². The lowest BCUT2D eigenvalue weighted by atomic mass is 10.0. The normalized spacial score (nSPS) is 12.8. The Morgan fingerprint density at radius 2 is 0.610 bits per heavy atom. The summed E-state index contributed by atoms with van der Waals surface area (Å²) in [6.45, 7) is 4.95. The number of nitrogens with one attached hydrogen (secondary N) is 1. The van der Waals surface area contributed by atoms with Gasteiger partial charge >= 0.3 is 5.97 Å². The highest BCUT2D eigenvalue weighted by Gasteiger charge is 2.20. The topological polar surface area (TPSA) is 95.9 Å². The predicted molar refractivity (Wildman–Crippen MR) is 361 cm³/mol. The second-order valence-electron chi connectivity index (χ2n) is 25.3. The molecule has 3 N–H and O–H groups in total. The van der Waals surface area contributed by atoms with Crippen molar-refractivity contribution in [2.75, 3.05) is 13.2 Å². The van der Waals surface area contributed by atoms with E-state index in [1.807, 2.05) is 0 Å². The first-order chi connectivity index (χ1) is 40.5. The molecule has 0 saturated heterocycles. The number of rotatable bonds is 69. The Morgan fingerprint density at radius 1 is 0.341 bits per heavy atom. The van der Waals surface area contributed by atoms with E-state index in [1.54, 1.807) is 0 Å². The lowest BCUT2D eigenvalue weighted by Crippen LogP contribution is -2.45. The monoisotopic (exact) mass is 1150 g/mol. The number of ether oxygens (including phenoxy) is 1. The van der Waals surface area contributed by atoms with E-state index in [0.717, 1.165) is 57.8 Å². The number of hydrogen-bond donors (Lipinski definition) is 3. The molecule has 6 nitrogen and oxygen atoms in total. The Bertz CT molecular complexity index is 1370. The Kier molecular flexibility index (Phi) is 69.4. The molecule has 0 heterocycles. The zero-order chi connectivity index (χ0) is 59.2. The summed E-state index contributed by atoms with van der Waals surface area (Å²) in [5.74, 6) is -0.0318. The van der Waals surface area contributed by atoms with Crippen molar-refractivity contribution in [2.24, 2.45) is 0 Å². The molecule has 0 spiro atoms. The van der Waals surface area contributed by atoms with Crippen molar-refractivity contribution in [3.63, 3.8) is 0 Å². The molecule has 0 radical (unpaired) electrons.